The second kappa shape index (κ2) is 6.73. The van der Waals surface area contributed by atoms with Gasteiger partial charge in [0.1, 0.15) is 0 Å². The third kappa shape index (κ3) is 4.29. The summed E-state index contributed by atoms with van der Waals surface area (Å²) in [6.45, 7) is 6.25. The first-order valence-electron chi connectivity index (χ1n) is 6.68. The van der Waals surface area contributed by atoms with Gasteiger partial charge >= 0.3 is 5.97 Å². The topological polar surface area (TPSA) is 78.4 Å². The Hall–Kier alpha value is -1.10. The summed E-state index contributed by atoms with van der Waals surface area (Å²) < 4.78 is 0. The van der Waals surface area contributed by atoms with Crippen molar-refractivity contribution in [2.45, 2.75) is 52.1 Å². The SMILES string of the molecule is CC(C)NC(=O)C(C)NCC1CCCC1C(=O)O. The van der Waals surface area contributed by atoms with E-state index in [-0.39, 0.29) is 29.8 Å². The zero-order valence-electron chi connectivity index (χ0n) is 11.4. The monoisotopic (exact) mass is 256 g/mol. The van der Waals surface area contributed by atoms with E-state index in [2.05, 4.69) is 10.6 Å². The van der Waals surface area contributed by atoms with E-state index < -0.39 is 5.97 Å². The Morgan fingerprint density at radius 2 is 1.94 bits per heavy atom. The molecule has 1 aliphatic carbocycles. The molecule has 1 saturated carbocycles. The van der Waals surface area contributed by atoms with Crippen LogP contribution in [-0.2, 0) is 9.59 Å². The summed E-state index contributed by atoms with van der Waals surface area (Å²) in [7, 11) is 0. The largest absolute Gasteiger partial charge is 0.481 e. The Morgan fingerprint density at radius 3 is 2.50 bits per heavy atom. The normalized spacial score (nSPS) is 25.1. The summed E-state index contributed by atoms with van der Waals surface area (Å²) >= 11 is 0. The van der Waals surface area contributed by atoms with Crippen LogP contribution >= 0.6 is 0 Å². The fourth-order valence-electron chi connectivity index (χ4n) is 2.44. The first kappa shape index (κ1) is 15.0. The molecule has 0 spiro atoms. The molecule has 0 bridgehead atoms. The van der Waals surface area contributed by atoms with E-state index in [1.54, 1.807) is 0 Å². The molecule has 5 nitrogen and oxygen atoms in total. The number of carboxylic acid groups (broad SMARTS) is 1. The van der Waals surface area contributed by atoms with E-state index in [1.165, 1.54) is 0 Å². The highest BCUT2D eigenvalue weighted by Crippen LogP contribution is 2.31. The van der Waals surface area contributed by atoms with Crippen LogP contribution in [0.4, 0.5) is 0 Å². The zero-order valence-corrected chi connectivity index (χ0v) is 11.4. The molecule has 18 heavy (non-hydrogen) atoms. The van der Waals surface area contributed by atoms with Gasteiger partial charge in [0.05, 0.1) is 12.0 Å². The maximum Gasteiger partial charge on any atom is 0.306 e. The minimum absolute atomic E-state index is 0.0325. The molecule has 0 aromatic heterocycles. The Balaban J connectivity index is 2.35. The number of amides is 1. The van der Waals surface area contributed by atoms with Gasteiger partial charge in [-0.05, 0) is 46.1 Å². The lowest BCUT2D eigenvalue weighted by Gasteiger charge is -2.20. The van der Waals surface area contributed by atoms with Crippen molar-refractivity contribution in [3.8, 4) is 0 Å². The molecule has 0 heterocycles. The van der Waals surface area contributed by atoms with Gasteiger partial charge in [0.2, 0.25) is 5.91 Å². The second-order valence-electron chi connectivity index (χ2n) is 5.43. The van der Waals surface area contributed by atoms with Gasteiger partial charge in [-0.15, -0.1) is 0 Å². The maximum absolute atomic E-state index is 11.7. The van der Waals surface area contributed by atoms with Crippen LogP contribution in [0.2, 0.25) is 0 Å². The number of aliphatic carboxylic acids is 1. The van der Waals surface area contributed by atoms with Gasteiger partial charge < -0.3 is 15.7 Å². The standard InChI is InChI=1S/C13H24N2O3/c1-8(2)15-12(16)9(3)14-7-10-5-4-6-11(10)13(17)18/h8-11,14H,4-7H2,1-3H3,(H,15,16)(H,17,18). The van der Waals surface area contributed by atoms with Crippen molar-refractivity contribution in [3.05, 3.63) is 0 Å². The van der Waals surface area contributed by atoms with Crippen LogP contribution in [0.25, 0.3) is 0 Å². The second-order valence-corrected chi connectivity index (χ2v) is 5.43. The first-order chi connectivity index (χ1) is 8.41. The van der Waals surface area contributed by atoms with E-state index in [0.717, 1.165) is 19.3 Å². The molecule has 1 amide bonds. The fraction of sp³-hybridized carbons (Fsp3) is 0.846. The molecule has 104 valence electrons. The molecule has 1 fully saturated rings. The summed E-state index contributed by atoms with van der Waals surface area (Å²) in [6.07, 6.45) is 2.66. The van der Waals surface area contributed by atoms with Crippen LogP contribution < -0.4 is 10.6 Å². The summed E-state index contributed by atoms with van der Waals surface area (Å²) in [5.74, 6) is -0.844. The number of rotatable bonds is 6. The predicted octanol–water partition coefficient (Wildman–Crippen LogP) is 0.990. The van der Waals surface area contributed by atoms with Gasteiger partial charge in [0, 0.05) is 6.04 Å². The molecule has 1 rings (SSSR count). The van der Waals surface area contributed by atoms with Crippen molar-refractivity contribution >= 4 is 11.9 Å². The van der Waals surface area contributed by atoms with Crippen LogP contribution in [0.5, 0.6) is 0 Å². The number of carbonyl (C=O) groups is 2. The average Bonchev–Trinajstić information content (AvgIpc) is 2.72. The van der Waals surface area contributed by atoms with Crippen LogP contribution in [0.1, 0.15) is 40.0 Å². The molecule has 0 saturated heterocycles. The molecular weight excluding hydrogens is 232 g/mol. The zero-order chi connectivity index (χ0) is 13.7. The molecule has 5 heteroatoms. The van der Waals surface area contributed by atoms with E-state index in [9.17, 15) is 9.59 Å². The summed E-state index contributed by atoms with van der Waals surface area (Å²) in [5, 5.41) is 15.0. The van der Waals surface area contributed by atoms with Gasteiger partial charge in [0.25, 0.3) is 0 Å². The molecule has 0 aliphatic heterocycles. The highest BCUT2D eigenvalue weighted by molar-refractivity contribution is 5.81. The van der Waals surface area contributed by atoms with Crippen LogP contribution in [0.15, 0.2) is 0 Å². The smallest absolute Gasteiger partial charge is 0.306 e. The molecular formula is C13H24N2O3. The van der Waals surface area contributed by atoms with E-state index in [4.69, 9.17) is 5.11 Å². The number of carboxylic acids is 1. The third-order valence-electron chi connectivity index (χ3n) is 3.49. The third-order valence-corrected chi connectivity index (χ3v) is 3.49. The van der Waals surface area contributed by atoms with Crippen molar-refractivity contribution in [3.63, 3.8) is 0 Å². The fourth-order valence-corrected chi connectivity index (χ4v) is 2.44. The number of carbonyl (C=O) groups excluding carboxylic acids is 1. The van der Waals surface area contributed by atoms with Crippen molar-refractivity contribution in [2.24, 2.45) is 11.8 Å². The van der Waals surface area contributed by atoms with E-state index in [1.807, 2.05) is 20.8 Å². The Morgan fingerprint density at radius 1 is 1.28 bits per heavy atom. The molecule has 3 N–H and O–H groups in total. The lowest BCUT2D eigenvalue weighted by Crippen LogP contribution is -2.46. The van der Waals surface area contributed by atoms with Gasteiger partial charge in [-0.2, -0.15) is 0 Å². The Kier molecular flexibility index (Phi) is 5.59. The molecule has 3 atom stereocenters. The number of hydrogen-bond donors (Lipinski definition) is 3. The Labute approximate surface area is 108 Å². The maximum atomic E-state index is 11.7. The van der Waals surface area contributed by atoms with Crippen molar-refractivity contribution in [1.29, 1.82) is 0 Å². The highest BCUT2D eigenvalue weighted by atomic mass is 16.4. The summed E-state index contributed by atoms with van der Waals surface area (Å²) in [4.78, 5) is 22.7. The van der Waals surface area contributed by atoms with Gasteiger partial charge in [-0.3, -0.25) is 9.59 Å². The van der Waals surface area contributed by atoms with E-state index in [0.29, 0.717) is 6.54 Å². The lowest BCUT2D eigenvalue weighted by atomic mass is 9.96. The molecule has 3 unspecified atom stereocenters. The van der Waals surface area contributed by atoms with Crippen LogP contribution in [-0.4, -0.2) is 35.6 Å². The van der Waals surface area contributed by atoms with Gasteiger partial charge in [-0.1, -0.05) is 6.42 Å². The molecule has 0 aromatic carbocycles. The van der Waals surface area contributed by atoms with Crippen LogP contribution in [0, 0.1) is 11.8 Å². The summed E-state index contributed by atoms with van der Waals surface area (Å²) in [5.41, 5.74) is 0. The van der Waals surface area contributed by atoms with Gasteiger partial charge in [0.15, 0.2) is 0 Å². The highest BCUT2D eigenvalue weighted by Gasteiger charge is 2.32. The lowest BCUT2D eigenvalue weighted by molar-refractivity contribution is -0.142. The molecule has 1 aliphatic rings. The number of nitrogens with one attached hydrogen (secondary N) is 2. The van der Waals surface area contributed by atoms with Crippen molar-refractivity contribution in [1.82, 2.24) is 10.6 Å². The quantitative estimate of drug-likeness (QED) is 0.662. The number of hydrogen-bond acceptors (Lipinski definition) is 3. The van der Waals surface area contributed by atoms with Gasteiger partial charge in [-0.25, -0.2) is 0 Å². The minimum atomic E-state index is -0.710. The van der Waals surface area contributed by atoms with Crippen LogP contribution in [0.3, 0.4) is 0 Å². The van der Waals surface area contributed by atoms with Crippen molar-refractivity contribution in [2.75, 3.05) is 6.54 Å². The summed E-state index contributed by atoms with van der Waals surface area (Å²) in [6, 6.07) is -0.151. The molecule has 0 aromatic rings. The average molecular weight is 256 g/mol. The van der Waals surface area contributed by atoms with Crippen molar-refractivity contribution < 1.29 is 14.7 Å². The predicted molar refractivity (Wildman–Crippen MR) is 69.2 cm³/mol. The van der Waals surface area contributed by atoms with E-state index >= 15 is 0 Å². The molecule has 0 radical (unpaired) electrons. The first-order valence-corrected chi connectivity index (χ1v) is 6.68. The Bertz CT molecular complexity index is 305. The minimum Gasteiger partial charge on any atom is -0.481 e.